The SMILES string of the molecule is COc1c(CC(=O)O)ccc2[nH]ccc12. The lowest BCUT2D eigenvalue weighted by atomic mass is 10.1. The smallest absolute Gasteiger partial charge is 0.307 e. The molecule has 0 aliphatic carbocycles. The number of carboxylic acid groups (broad SMARTS) is 1. The first-order chi connectivity index (χ1) is 7.22. The van der Waals surface area contributed by atoms with Gasteiger partial charge in [0.15, 0.2) is 0 Å². The van der Waals surface area contributed by atoms with Crippen LogP contribution in [0.4, 0.5) is 0 Å². The van der Waals surface area contributed by atoms with Gasteiger partial charge in [-0.2, -0.15) is 0 Å². The Hall–Kier alpha value is -1.97. The summed E-state index contributed by atoms with van der Waals surface area (Å²) in [5, 5.41) is 9.66. The zero-order valence-corrected chi connectivity index (χ0v) is 8.28. The van der Waals surface area contributed by atoms with Gasteiger partial charge >= 0.3 is 5.97 Å². The van der Waals surface area contributed by atoms with E-state index >= 15 is 0 Å². The van der Waals surface area contributed by atoms with Gasteiger partial charge in [0.2, 0.25) is 0 Å². The minimum atomic E-state index is -0.858. The van der Waals surface area contributed by atoms with Gasteiger partial charge in [-0.1, -0.05) is 6.07 Å². The third-order valence-electron chi connectivity index (χ3n) is 2.31. The van der Waals surface area contributed by atoms with E-state index < -0.39 is 5.97 Å². The lowest BCUT2D eigenvalue weighted by Gasteiger charge is -2.07. The topological polar surface area (TPSA) is 62.3 Å². The predicted molar refractivity (Wildman–Crippen MR) is 56.2 cm³/mol. The van der Waals surface area contributed by atoms with Crippen molar-refractivity contribution >= 4 is 16.9 Å². The van der Waals surface area contributed by atoms with Crippen molar-refractivity contribution in [2.24, 2.45) is 0 Å². The number of H-pyrrole nitrogens is 1. The molecule has 1 aromatic carbocycles. The monoisotopic (exact) mass is 205 g/mol. The first-order valence-corrected chi connectivity index (χ1v) is 4.57. The van der Waals surface area contributed by atoms with E-state index in [9.17, 15) is 4.79 Å². The van der Waals surface area contributed by atoms with Crippen LogP contribution in [0.3, 0.4) is 0 Å². The second kappa shape index (κ2) is 3.65. The van der Waals surface area contributed by atoms with E-state index in [1.165, 1.54) is 0 Å². The Morgan fingerprint density at radius 2 is 2.27 bits per heavy atom. The third kappa shape index (κ3) is 1.66. The van der Waals surface area contributed by atoms with Gasteiger partial charge in [-0.25, -0.2) is 0 Å². The van der Waals surface area contributed by atoms with Gasteiger partial charge < -0.3 is 14.8 Å². The van der Waals surface area contributed by atoms with Crippen LogP contribution in [0.2, 0.25) is 0 Å². The summed E-state index contributed by atoms with van der Waals surface area (Å²) in [4.78, 5) is 13.7. The van der Waals surface area contributed by atoms with E-state index in [2.05, 4.69) is 4.98 Å². The Balaban J connectivity index is 2.58. The second-order valence-electron chi connectivity index (χ2n) is 3.27. The molecule has 0 spiro atoms. The summed E-state index contributed by atoms with van der Waals surface area (Å²) in [5.41, 5.74) is 1.64. The van der Waals surface area contributed by atoms with Crippen molar-refractivity contribution in [1.29, 1.82) is 0 Å². The van der Waals surface area contributed by atoms with Gasteiger partial charge in [0.05, 0.1) is 13.5 Å². The number of fused-ring (bicyclic) bond motifs is 1. The van der Waals surface area contributed by atoms with Gasteiger partial charge in [-0.3, -0.25) is 4.79 Å². The van der Waals surface area contributed by atoms with E-state index in [1.54, 1.807) is 19.4 Å². The van der Waals surface area contributed by atoms with Gasteiger partial charge in [0.1, 0.15) is 5.75 Å². The fourth-order valence-electron chi connectivity index (χ4n) is 1.69. The van der Waals surface area contributed by atoms with E-state index in [1.807, 2.05) is 12.1 Å². The van der Waals surface area contributed by atoms with Crippen LogP contribution in [-0.2, 0) is 11.2 Å². The minimum absolute atomic E-state index is 0.0235. The molecular formula is C11H11NO3. The number of nitrogens with one attached hydrogen (secondary N) is 1. The highest BCUT2D eigenvalue weighted by Gasteiger charge is 2.11. The summed E-state index contributed by atoms with van der Waals surface area (Å²) in [6, 6.07) is 5.50. The molecule has 0 saturated carbocycles. The molecule has 78 valence electrons. The van der Waals surface area contributed by atoms with Gasteiger partial charge in [0.25, 0.3) is 0 Å². The average Bonchev–Trinajstić information content (AvgIpc) is 2.64. The fraction of sp³-hybridized carbons (Fsp3) is 0.182. The predicted octanol–water partition coefficient (Wildman–Crippen LogP) is 1.80. The molecule has 0 radical (unpaired) electrons. The highest BCUT2D eigenvalue weighted by atomic mass is 16.5. The highest BCUT2D eigenvalue weighted by molar-refractivity contribution is 5.88. The Morgan fingerprint density at radius 3 is 2.93 bits per heavy atom. The zero-order chi connectivity index (χ0) is 10.8. The Morgan fingerprint density at radius 1 is 1.47 bits per heavy atom. The molecule has 0 saturated heterocycles. The van der Waals surface area contributed by atoms with Crippen molar-refractivity contribution in [3.63, 3.8) is 0 Å². The van der Waals surface area contributed by atoms with Crippen LogP contribution in [0.15, 0.2) is 24.4 Å². The van der Waals surface area contributed by atoms with Crippen LogP contribution in [0, 0.1) is 0 Å². The molecule has 2 rings (SSSR count). The Bertz CT molecular complexity index is 502. The second-order valence-corrected chi connectivity index (χ2v) is 3.27. The molecule has 4 nitrogen and oxygen atoms in total. The first-order valence-electron chi connectivity index (χ1n) is 4.57. The molecule has 1 heterocycles. The number of methoxy groups -OCH3 is 1. The molecule has 0 unspecified atom stereocenters. The van der Waals surface area contributed by atoms with Gasteiger partial charge in [-0.05, 0) is 12.1 Å². The molecule has 4 heteroatoms. The van der Waals surface area contributed by atoms with Crippen LogP contribution in [0.25, 0.3) is 10.9 Å². The van der Waals surface area contributed by atoms with Gasteiger partial charge in [-0.15, -0.1) is 0 Å². The number of carbonyl (C=O) groups is 1. The number of hydrogen-bond acceptors (Lipinski definition) is 2. The summed E-state index contributed by atoms with van der Waals surface area (Å²) < 4.78 is 5.23. The average molecular weight is 205 g/mol. The zero-order valence-electron chi connectivity index (χ0n) is 8.28. The standard InChI is InChI=1S/C11H11NO3/c1-15-11-7(6-10(13)14)2-3-9-8(11)4-5-12-9/h2-5,12H,6H2,1H3,(H,13,14). The fourth-order valence-corrected chi connectivity index (χ4v) is 1.69. The van der Waals surface area contributed by atoms with Crippen LogP contribution in [0.5, 0.6) is 5.75 Å². The van der Waals surface area contributed by atoms with Crippen molar-refractivity contribution < 1.29 is 14.6 Å². The molecule has 0 atom stereocenters. The number of hydrogen-bond donors (Lipinski definition) is 2. The number of carboxylic acids is 1. The number of rotatable bonds is 3. The first kappa shape index (κ1) is 9.58. The van der Waals surface area contributed by atoms with Crippen molar-refractivity contribution in [3.05, 3.63) is 30.0 Å². The van der Waals surface area contributed by atoms with Crippen molar-refractivity contribution in [2.75, 3.05) is 7.11 Å². The largest absolute Gasteiger partial charge is 0.496 e. The number of aromatic amines is 1. The Labute approximate surface area is 86.5 Å². The molecule has 0 bridgehead atoms. The molecule has 0 amide bonds. The number of benzene rings is 1. The summed E-state index contributed by atoms with van der Waals surface area (Å²) >= 11 is 0. The molecule has 0 aliphatic rings. The number of aliphatic carboxylic acids is 1. The maximum Gasteiger partial charge on any atom is 0.307 e. The van der Waals surface area contributed by atoms with Crippen molar-refractivity contribution in [3.8, 4) is 5.75 Å². The van der Waals surface area contributed by atoms with Crippen molar-refractivity contribution in [2.45, 2.75) is 6.42 Å². The minimum Gasteiger partial charge on any atom is -0.496 e. The maximum atomic E-state index is 10.6. The van der Waals surface area contributed by atoms with E-state index in [0.29, 0.717) is 11.3 Å². The maximum absolute atomic E-state index is 10.6. The van der Waals surface area contributed by atoms with E-state index in [0.717, 1.165) is 10.9 Å². The normalized spacial score (nSPS) is 10.5. The van der Waals surface area contributed by atoms with E-state index in [4.69, 9.17) is 9.84 Å². The Kier molecular flexibility index (Phi) is 2.33. The molecule has 15 heavy (non-hydrogen) atoms. The van der Waals surface area contributed by atoms with Crippen LogP contribution in [-0.4, -0.2) is 23.2 Å². The number of ether oxygens (including phenoxy) is 1. The quantitative estimate of drug-likeness (QED) is 0.803. The van der Waals surface area contributed by atoms with Crippen molar-refractivity contribution in [1.82, 2.24) is 4.98 Å². The lowest BCUT2D eigenvalue weighted by molar-refractivity contribution is -0.136. The summed E-state index contributed by atoms with van der Waals surface area (Å²) in [6.07, 6.45) is 1.78. The summed E-state index contributed by atoms with van der Waals surface area (Å²) in [7, 11) is 1.55. The van der Waals surface area contributed by atoms with Crippen LogP contribution >= 0.6 is 0 Å². The van der Waals surface area contributed by atoms with E-state index in [-0.39, 0.29) is 6.42 Å². The molecule has 1 aromatic heterocycles. The molecule has 2 N–H and O–H groups in total. The summed E-state index contributed by atoms with van der Waals surface area (Å²) in [6.45, 7) is 0. The lowest BCUT2D eigenvalue weighted by Crippen LogP contribution is -2.02. The van der Waals surface area contributed by atoms with Gasteiger partial charge in [0, 0.05) is 22.7 Å². The summed E-state index contributed by atoms with van der Waals surface area (Å²) in [5.74, 6) is -0.223. The molecule has 2 aromatic rings. The van der Waals surface area contributed by atoms with Crippen LogP contribution < -0.4 is 4.74 Å². The molecular weight excluding hydrogens is 194 g/mol. The third-order valence-corrected chi connectivity index (χ3v) is 2.31. The van der Waals surface area contributed by atoms with Crippen LogP contribution in [0.1, 0.15) is 5.56 Å². The molecule has 0 fully saturated rings. The molecule has 0 aliphatic heterocycles. The highest BCUT2D eigenvalue weighted by Crippen LogP contribution is 2.29. The number of aromatic nitrogens is 1.